The average Bonchev–Trinajstić information content (AvgIpc) is 3.28. The molecule has 0 atom stereocenters. The average molecular weight is 290 g/mol. The molecular formula is C16H22N2O3. The van der Waals surface area contributed by atoms with E-state index in [9.17, 15) is 9.59 Å². The van der Waals surface area contributed by atoms with Crippen LogP contribution in [0.1, 0.15) is 36.5 Å². The third-order valence-corrected chi connectivity index (χ3v) is 3.42. The maximum atomic E-state index is 12.6. The highest BCUT2D eigenvalue weighted by atomic mass is 16.5. The van der Waals surface area contributed by atoms with E-state index >= 15 is 0 Å². The summed E-state index contributed by atoms with van der Waals surface area (Å²) < 4.78 is 5.25. The normalized spacial score (nSPS) is 13.8. The summed E-state index contributed by atoms with van der Waals surface area (Å²) in [6, 6.07) is 6.91. The fourth-order valence-electron chi connectivity index (χ4n) is 2.21. The minimum atomic E-state index is -0.534. The molecule has 2 N–H and O–H groups in total. The maximum Gasteiger partial charge on any atom is 0.255 e. The van der Waals surface area contributed by atoms with Crippen LogP contribution in [-0.4, -0.2) is 36.4 Å². The van der Waals surface area contributed by atoms with Crippen molar-refractivity contribution in [2.45, 2.75) is 26.2 Å². The molecule has 0 heterocycles. The molecule has 5 nitrogen and oxygen atoms in total. The Hall–Kier alpha value is -2.04. The van der Waals surface area contributed by atoms with Crippen molar-refractivity contribution in [1.29, 1.82) is 0 Å². The molecule has 0 aliphatic heterocycles. The Bertz CT molecular complexity index is 512. The van der Waals surface area contributed by atoms with Crippen molar-refractivity contribution in [3.05, 3.63) is 29.8 Å². The molecule has 1 fully saturated rings. The number of hydrogen-bond donors (Lipinski definition) is 1. The van der Waals surface area contributed by atoms with Gasteiger partial charge in [0.05, 0.1) is 0 Å². The fourth-order valence-corrected chi connectivity index (χ4v) is 2.21. The molecule has 114 valence electrons. The molecule has 1 aliphatic rings. The lowest BCUT2D eigenvalue weighted by atomic mass is 10.1. The van der Waals surface area contributed by atoms with Crippen LogP contribution in [0.5, 0.6) is 5.75 Å². The molecule has 2 amide bonds. The van der Waals surface area contributed by atoms with E-state index in [-0.39, 0.29) is 12.5 Å². The molecule has 2 rings (SSSR count). The molecule has 0 bridgehead atoms. The van der Waals surface area contributed by atoms with Gasteiger partial charge in [0.15, 0.2) is 6.61 Å². The van der Waals surface area contributed by atoms with Gasteiger partial charge in [-0.1, -0.05) is 13.0 Å². The first kappa shape index (κ1) is 15.4. The molecule has 0 saturated heterocycles. The van der Waals surface area contributed by atoms with Crippen LogP contribution in [0.25, 0.3) is 0 Å². The van der Waals surface area contributed by atoms with E-state index in [4.69, 9.17) is 10.5 Å². The van der Waals surface area contributed by atoms with Crippen LogP contribution in [0.15, 0.2) is 24.3 Å². The molecule has 0 aromatic heterocycles. The molecular weight excluding hydrogens is 268 g/mol. The highest BCUT2D eigenvalue weighted by Crippen LogP contribution is 2.30. The van der Waals surface area contributed by atoms with E-state index in [2.05, 4.69) is 6.92 Å². The number of ether oxygens (including phenoxy) is 1. The van der Waals surface area contributed by atoms with Crippen LogP contribution in [0.2, 0.25) is 0 Å². The summed E-state index contributed by atoms with van der Waals surface area (Å²) in [6.45, 7) is 3.48. The molecule has 1 aliphatic carbocycles. The third-order valence-electron chi connectivity index (χ3n) is 3.42. The van der Waals surface area contributed by atoms with E-state index in [1.165, 1.54) is 12.8 Å². The Morgan fingerprint density at radius 1 is 1.38 bits per heavy atom. The van der Waals surface area contributed by atoms with Gasteiger partial charge >= 0.3 is 0 Å². The standard InChI is InChI=1S/C16H22N2O3/c1-2-8-18(10-12-6-7-12)16(20)13-4-3-5-14(9-13)21-11-15(17)19/h3-5,9,12H,2,6-8,10-11H2,1H3,(H2,17,19). The second-order valence-electron chi connectivity index (χ2n) is 5.48. The number of carbonyl (C=O) groups excluding carboxylic acids is 2. The summed E-state index contributed by atoms with van der Waals surface area (Å²) in [7, 11) is 0. The van der Waals surface area contributed by atoms with Crippen molar-refractivity contribution in [3.8, 4) is 5.75 Å². The molecule has 1 saturated carbocycles. The van der Waals surface area contributed by atoms with Gasteiger partial charge in [-0.15, -0.1) is 0 Å². The second-order valence-corrected chi connectivity index (χ2v) is 5.48. The van der Waals surface area contributed by atoms with Crippen molar-refractivity contribution in [2.24, 2.45) is 11.7 Å². The Labute approximate surface area is 125 Å². The highest BCUT2D eigenvalue weighted by molar-refractivity contribution is 5.94. The molecule has 1 aromatic rings. The Balaban J connectivity index is 2.05. The van der Waals surface area contributed by atoms with Gasteiger partial charge in [0.2, 0.25) is 0 Å². The van der Waals surface area contributed by atoms with Crippen LogP contribution in [-0.2, 0) is 4.79 Å². The number of primary amides is 1. The lowest BCUT2D eigenvalue weighted by Gasteiger charge is -2.22. The number of carbonyl (C=O) groups is 2. The SMILES string of the molecule is CCCN(CC1CC1)C(=O)c1cccc(OCC(N)=O)c1. The Morgan fingerprint density at radius 3 is 2.76 bits per heavy atom. The summed E-state index contributed by atoms with van der Waals surface area (Å²) in [5.74, 6) is 0.638. The fraction of sp³-hybridized carbons (Fsp3) is 0.500. The first-order valence-electron chi connectivity index (χ1n) is 7.40. The number of nitrogens with zero attached hydrogens (tertiary/aromatic N) is 1. The predicted molar refractivity (Wildman–Crippen MR) is 80.0 cm³/mol. The number of hydrogen-bond acceptors (Lipinski definition) is 3. The predicted octanol–water partition coefficient (Wildman–Crippen LogP) is 1.81. The van der Waals surface area contributed by atoms with Crippen molar-refractivity contribution < 1.29 is 14.3 Å². The summed E-state index contributed by atoms with van der Waals surface area (Å²) in [5, 5.41) is 0. The van der Waals surface area contributed by atoms with Crippen LogP contribution in [0.3, 0.4) is 0 Å². The van der Waals surface area contributed by atoms with Gasteiger partial charge in [-0.3, -0.25) is 9.59 Å². The van der Waals surface area contributed by atoms with E-state index in [1.54, 1.807) is 24.3 Å². The topological polar surface area (TPSA) is 72.6 Å². The Morgan fingerprint density at radius 2 is 2.14 bits per heavy atom. The van der Waals surface area contributed by atoms with Crippen LogP contribution >= 0.6 is 0 Å². The molecule has 0 spiro atoms. The minimum Gasteiger partial charge on any atom is -0.484 e. The van der Waals surface area contributed by atoms with E-state index in [0.717, 1.165) is 19.5 Å². The van der Waals surface area contributed by atoms with E-state index < -0.39 is 5.91 Å². The molecule has 21 heavy (non-hydrogen) atoms. The zero-order valence-electron chi connectivity index (χ0n) is 12.4. The zero-order chi connectivity index (χ0) is 15.2. The van der Waals surface area contributed by atoms with Gasteiger partial charge in [-0.2, -0.15) is 0 Å². The maximum absolute atomic E-state index is 12.6. The molecule has 0 unspecified atom stereocenters. The van der Waals surface area contributed by atoms with Crippen molar-refractivity contribution in [1.82, 2.24) is 4.90 Å². The number of nitrogens with two attached hydrogens (primary N) is 1. The Kier molecular flexibility index (Phi) is 5.20. The van der Waals surface area contributed by atoms with Crippen LogP contribution < -0.4 is 10.5 Å². The van der Waals surface area contributed by atoms with Gasteiger partial charge < -0.3 is 15.4 Å². The quantitative estimate of drug-likeness (QED) is 0.793. The number of amides is 2. The highest BCUT2D eigenvalue weighted by Gasteiger charge is 2.26. The van der Waals surface area contributed by atoms with E-state index in [0.29, 0.717) is 17.2 Å². The van der Waals surface area contributed by atoms with E-state index in [1.807, 2.05) is 4.90 Å². The summed E-state index contributed by atoms with van der Waals surface area (Å²) in [4.78, 5) is 25.2. The largest absolute Gasteiger partial charge is 0.484 e. The zero-order valence-corrected chi connectivity index (χ0v) is 12.4. The van der Waals surface area contributed by atoms with Crippen molar-refractivity contribution in [2.75, 3.05) is 19.7 Å². The van der Waals surface area contributed by atoms with Gasteiger partial charge in [-0.05, 0) is 43.4 Å². The lowest BCUT2D eigenvalue weighted by molar-refractivity contribution is -0.119. The molecule has 0 radical (unpaired) electrons. The second kappa shape index (κ2) is 7.11. The minimum absolute atomic E-state index is 0.0216. The molecule has 1 aromatic carbocycles. The van der Waals surface area contributed by atoms with Gasteiger partial charge in [0.1, 0.15) is 5.75 Å². The van der Waals surface area contributed by atoms with Crippen molar-refractivity contribution >= 4 is 11.8 Å². The first-order chi connectivity index (χ1) is 10.1. The number of rotatable bonds is 8. The summed E-state index contributed by atoms with van der Waals surface area (Å²) >= 11 is 0. The molecule has 5 heteroatoms. The summed E-state index contributed by atoms with van der Waals surface area (Å²) in [5.41, 5.74) is 5.64. The smallest absolute Gasteiger partial charge is 0.255 e. The first-order valence-corrected chi connectivity index (χ1v) is 7.40. The monoisotopic (exact) mass is 290 g/mol. The van der Waals surface area contributed by atoms with Gasteiger partial charge in [0, 0.05) is 18.7 Å². The third kappa shape index (κ3) is 4.77. The number of benzene rings is 1. The van der Waals surface area contributed by atoms with Crippen molar-refractivity contribution in [3.63, 3.8) is 0 Å². The van der Waals surface area contributed by atoms with Gasteiger partial charge in [-0.25, -0.2) is 0 Å². The van der Waals surface area contributed by atoms with Gasteiger partial charge in [0.25, 0.3) is 11.8 Å². The van der Waals surface area contributed by atoms with Crippen LogP contribution in [0, 0.1) is 5.92 Å². The van der Waals surface area contributed by atoms with Crippen LogP contribution in [0.4, 0.5) is 0 Å². The summed E-state index contributed by atoms with van der Waals surface area (Å²) in [6.07, 6.45) is 3.38. The lowest BCUT2D eigenvalue weighted by Crippen LogP contribution is -2.33.